The Morgan fingerprint density at radius 3 is 2.42 bits per heavy atom. The highest BCUT2D eigenvalue weighted by molar-refractivity contribution is 7.07. The first-order chi connectivity index (χ1) is 17.5. The number of nitrogens with zero attached hydrogens (tertiary/aromatic N) is 6. The molecule has 36 heavy (non-hydrogen) atoms. The summed E-state index contributed by atoms with van der Waals surface area (Å²) in [5, 5.41) is 1.77. The van der Waals surface area contributed by atoms with Gasteiger partial charge in [0, 0.05) is 62.3 Å². The number of fused-ring (bicyclic) bond motifs is 1. The predicted octanol–water partition coefficient (Wildman–Crippen LogP) is 3.04. The fourth-order valence-electron chi connectivity index (χ4n) is 4.79. The number of piperazine rings is 1. The maximum Gasteiger partial charge on any atom is 0.273 e. The fourth-order valence-corrected chi connectivity index (χ4v) is 5.32. The van der Waals surface area contributed by atoms with Crippen molar-refractivity contribution in [2.24, 2.45) is 0 Å². The molecule has 0 spiro atoms. The van der Waals surface area contributed by atoms with Crippen molar-refractivity contribution in [3.05, 3.63) is 76.5 Å². The Bertz CT molecular complexity index is 1440. The Morgan fingerprint density at radius 2 is 1.69 bits per heavy atom. The Kier molecular flexibility index (Phi) is 5.73. The maximum atomic E-state index is 13.7. The summed E-state index contributed by atoms with van der Waals surface area (Å²) in [6, 6.07) is 9.18. The van der Waals surface area contributed by atoms with Crippen molar-refractivity contribution in [2.45, 2.75) is 6.04 Å². The molecule has 11 heteroatoms. The molecule has 4 heterocycles. The van der Waals surface area contributed by atoms with E-state index in [1.54, 1.807) is 33.7 Å². The highest BCUT2D eigenvalue weighted by Gasteiger charge is 2.37. The number of likely N-dealkylation sites (tertiary alicyclic amines) is 1. The van der Waals surface area contributed by atoms with E-state index in [0.29, 0.717) is 54.2 Å². The zero-order valence-electron chi connectivity index (χ0n) is 19.2. The zero-order valence-corrected chi connectivity index (χ0v) is 20.0. The lowest BCUT2D eigenvalue weighted by atomic mass is 10.0. The number of benzene rings is 2. The Hall–Kier alpha value is -3.70. The van der Waals surface area contributed by atoms with Crippen LogP contribution in [0.4, 0.5) is 8.78 Å². The van der Waals surface area contributed by atoms with Gasteiger partial charge in [0.1, 0.15) is 12.0 Å². The van der Waals surface area contributed by atoms with Gasteiger partial charge in [-0.2, -0.15) is 0 Å². The topological polar surface area (TPSA) is 74.6 Å². The van der Waals surface area contributed by atoms with Gasteiger partial charge in [-0.05, 0) is 30.3 Å². The van der Waals surface area contributed by atoms with Gasteiger partial charge < -0.3 is 9.80 Å². The molecular weight excluding hydrogens is 486 g/mol. The molecule has 4 aromatic rings. The van der Waals surface area contributed by atoms with E-state index in [2.05, 4.69) is 14.9 Å². The number of hydrogen-bond acceptors (Lipinski definition) is 6. The standard InChI is InChI=1S/C25H22F2N6O2S/c26-19-3-2-17(10-20(19)27)33-14-28-21-9-16(1-4-23(21)33)24(34)32-11-18(12-32)30-5-7-31(8-6-30)25(35)22-13-36-15-29-22/h1-4,9-10,13-15,18H,5-8,11-12H2. The number of aromatic nitrogens is 3. The van der Waals surface area contributed by atoms with Crippen LogP contribution in [0.25, 0.3) is 16.7 Å². The molecule has 0 saturated carbocycles. The quantitative estimate of drug-likeness (QED) is 0.424. The molecule has 0 N–H and O–H groups in total. The summed E-state index contributed by atoms with van der Waals surface area (Å²) >= 11 is 1.42. The summed E-state index contributed by atoms with van der Waals surface area (Å²) < 4.78 is 28.6. The third-order valence-electron chi connectivity index (χ3n) is 6.89. The van der Waals surface area contributed by atoms with E-state index in [-0.39, 0.29) is 17.9 Å². The van der Waals surface area contributed by atoms with Crippen LogP contribution in [0.1, 0.15) is 20.8 Å². The normalized spacial score (nSPS) is 16.9. The van der Waals surface area contributed by atoms with Crippen molar-refractivity contribution < 1.29 is 18.4 Å². The Labute approximate surface area is 209 Å². The minimum Gasteiger partial charge on any atom is -0.335 e. The molecule has 0 atom stereocenters. The lowest BCUT2D eigenvalue weighted by molar-refractivity contribution is 0.00844. The van der Waals surface area contributed by atoms with Gasteiger partial charge in [0.15, 0.2) is 11.6 Å². The second-order valence-corrected chi connectivity index (χ2v) is 9.70. The van der Waals surface area contributed by atoms with E-state index in [1.807, 2.05) is 9.80 Å². The highest BCUT2D eigenvalue weighted by atomic mass is 32.1. The minimum atomic E-state index is -0.930. The molecule has 2 fully saturated rings. The molecule has 0 unspecified atom stereocenters. The first-order valence-electron chi connectivity index (χ1n) is 11.6. The van der Waals surface area contributed by atoms with Crippen LogP contribution in [0.3, 0.4) is 0 Å². The summed E-state index contributed by atoms with van der Waals surface area (Å²) in [4.78, 5) is 40.0. The van der Waals surface area contributed by atoms with Gasteiger partial charge in [0.2, 0.25) is 0 Å². The molecule has 0 radical (unpaired) electrons. The number of hydrogen-bond donors (Lipinski definition) is 0. The van der Waals surface area contributed by atoms with Gasteiger partial charge in [0.25, 0.3) is 11.8 Å². The van der Waals surface area contributed by atoms with E-state index in [4.69, 9.17) is 0 Å². The minimum absolute atomic E-state index is 0.0243. The van der Waals surface area contributed by atoms with E-state index >= 15 is 0 Å². The molecule has 2 aliphatic heterocycles. The van der Waals surface area contributed by atoms with Gasteiger partial charge in [-0.1, -0.05) is 0 Å². The van der Waals surface area contributed by atoms with Crippen molar-refractivity contribution in [3.8, 4) is 5.69 Å². The van der Waals surface area contributed by atoms with Gasteiger partial charge in [-0.3, -0.25) is 19.1 Å². The average Bonchev–Trinajstić information content (AvgIpc) is 3.55. The van der Waals surface area contributed by atoms with E-state index < -0.39 is 11.6 Å². The van der Waals surface area contributed by atoms with E-state index in [0.717, 1.165) is 25.2 Å². The lowest BCUT2D eigenvalue weighted by Gasteiger charge is -2.48. The number of imidazole rings is 1. The van der Waals surface area contributed by atoms with Crippen LogP contribution in [0.15, 0.2) is 53.6 Å². The molecule has 6 rings (SSSR count). The molecule has 2 amide bonds. The first-order valence-corrected chi connectivity index (χ1v) is 12.6. The molecule has 2 aliphatic rings. The first kappa shape index (κ1) is 22.7. The molecule has 184 valence electrons. The van der Waals surface area contributed by atoms with Crippen molar-refractivity contribution in [1.29, 1.82) is 0 Å². The van der Waals surface area contributed by atoms with Crippen LogP contribution in [0.2, 0.25) is 0 Å². The van der Waals surface area contributed by atoms with Gasteiger partial charge >= 0.3 is 0 Å². The highest BCUT2D eigenvalue weighted by Crippen LogP contribution is 2.24. The van der Waals surface area contributed by atoms with Crippen LogP contribution in [-0.4, -0.2) is 86.4 Å². The van der Waals surface area contributed by atoms with Gasteiger partial charge in [0.05, 0.1) is 22.2 Å². The zero-order chi connectivity index (χ0) is 24.8. The number of thiazole rings is 1. The predicted molar refractivity (Wildman–Crippen MR) is 130 cm³/mol. The van der Waals surface area contributed by atoms with Crippen molar-refractivity contribution >= 4 is 34.2 Å². The SMILES string of the molecule is O=C(c1ccc2c(c1)ncn2-c1ccc(F)c(F)c1)N1CC(N2CCN(C(=O)c3cscn3)CC2)C1. The summed E-state index contributed by atoms with van der Waals surface area (Å²) in [6.07, 6.45) is 1.53. The second kappa shape index (κ2) is 9.07. The second-order valence-electron chi connectivity index (χ2n) is 8.98. The van der Waals surface area contributed by atoms with Crippen LogP contribution in [0, 0.1) is 11.6 Å². The van der Waals surface area contributed by atoms with Crippen LogP contribution in [0.5, 0.6) is 0 Å². The summed E-state index contributed by atoms with van der Waals surface area (Å²) in [5.74, 6) is -1.92. The van der Waals surface area contributed by atoms with Crippen molar-refractivity contribution in [1.82, 2.24) is 29.2 Å². The number of rotatable bonds is 4. The molecule has 2 aromatic carbocycles. The lowest BCUT2D eigenvalue weighted by Crippen LogP contribution is -2.64. The molecule has 0 aliphatic carbocycles. The van der Waals surface area contributed by atoms with E-state index in [1.165, 1.54) is 23.7 Å². The average molecular weight is 509 g/mol. The third-order valence-corrected chi connectivity index (χ3v) is 7.48. The van der Waals surface area contributed by atoms with Gasteiger partial charge in [-0.15, -0.1) is 11.3 Å². The van der Waals surface area contributed by atoms with Gasteiger partial charge in [-0.25, -0.2) is 18.7 Å². The Balaban J connectivity index is 1.07. The smallest absolute Gasteiger partial charge is 0.273 e. The summed E-state index contributed by atoms with van der Waals surface area (Å²) in [7, 11) is 0. The van der Waals surface area contributed by atoms with Crippen molar-refractivity contribution in [2.75, 3.05) is 39.3 Å². The maximum absolute atomic E-state index is 13.7. The molecule has 0 bridgehead atoms. The fraction of sp³-hybridized carbons (Fsp3) is 0.280. The number of carbonyl (C=O) groups is 2. The largest absolute Gasteiger partial charge is 0.335 e. The Morgan fingerprint density at radius 1 is 0.889 bits per heavy atom. The number of halogens is 2. The van der Waals surface area contributed by atoms with E-state index in [9.17, 15) is 18.4 Å². The number of amides is 2. The van der Waals surface area contributed by atoms with Crippen molar-refractivity contribution in [3.63, 3.8) is 0 Å². The number of carbonyl (C=O) groups excluding carboxylic acids is 2. The van der Waals surface area contributed by atoms with Crippen LogP contribution >= 0.6 is 11.3 Å². The van der Waals surface area contributed by atoms with Crippen LogP contribution in [-0.2, 0) is 0 Å². The third kappa shape index (κ3) is 4.03. The molecular formula is C25H22F2N6O2S. The molecule has 2 saturated heterocycles. The summed E-state index contributed by atoms with van der Waals surface area (Å²) in [6.45, 7) is 4.13. The molecule has 8 nitrogen and oxygen atoms in total. The molecule has 2 aromatic heterocycles. The van der Waals surface area contributed by atoms with Crippen LogP contribution < -0.4 is 0 Å². The summed E-state index contributed by atoms with van der Waals surface area (Å²) in [5.41, 5.74) is 4.46. The monoisotopic (exact) mass is 508 g/mol.